The first-order valence-electron chi connectivity index (χ1n) is 14.5. The van der Waals surface area contributed by atoms with Crippen LogP contribution in [0.2, 0.25) is 0 Å². The molecule has 0 unspecified atom stereocenters. The first-order chi connectivity index (χ1) is 22.9. The molecule has 10 nitrogen and oxygen atoms in total. The number of benzene rings is 4. The average Bonchev–Trinajstić information content (AvgIpc) is 3.75. The van der Waals surface area contributed by atoms with Crippen LogP contribution in [0.3, 0.4) is 0 Å². The number of H-pyrrole nitrogens is 1. The molecule has 0 aliphatic heterocycles. The van der Waals surface area contributed by atoms with Gasteiger partial charge in [0.15, 0.2) is 0 Å². The largest absolute Gasteiger partial charge is 0.870 e. The molecule has 49 heavy (non-hydrogen) atoms. The van der Waals surface area contributed by atoms with Crippen LogP contribution in [0.1, 0.15) is 11.1 Å². The van der Waals surface area contributed by atoms with Crippen LogP contribution < -0.4 is 10.4 Å². The van der Waals surface area contributed by atoms with Gasteiger partial charge in [-0.2, -0.15) is 0 Å². The van der Waals surface area contributed by atoms with Gasteiger partial charge in [-0.15, -0.1) is 0 Å². The highest BCUT2D eigenvalue weighted by atomic mass is 79.9. The van der Waals surface area contributed by atoms with Crippen molar-refractivity contribution in [2.45, 2.75) is 11.9 Å². The topological polar surface area (TPSA) is 169 Å². The Balaban J connectivity index is 0.000000177. The van der Waals surface area contributed by atoms with Crippen molar-refractivity contribution < 1.29 is 21.3 Å². The zero-order valence-corrected chi connectivity index (χ0v) is 30.4. The van der Waals surface area contributed by atoms with Crippen LogP contribution in [-0.2, 0) is 11.9 Å². The highest BCUT2D eigenvalue weighted by Gasteiger charge is 2.07. The third-order valence-electron chi connectivity index (χ3n) is 7.62. The molecule has 8 aromatic rings. The molecule has 0 fully saturated rings. The highest BCUT2D eigenvalue weighted by molar-refractivity contribution is 9.11. The van der Waals surface area contributed by atoms with Gasteiger partial charge in [-0.3, -0.25) is 9.97 Å². The molecule has 4 heterocycles. The van der Waals surface area contributed by atoms with Gasteiger partial charge < -0.3 is 20.5 Å². The Hall–Kier alpha value is -4.66. The van der Waals surface area contributed by atoms with Gasteiger partial charge >= 0.3 is 0 Å². The fourth-order valence-corrected chi connectivity index (χ4v) is 6.52. The number of nitrogens with one attached hydrogen (secondary N) is 3. The van der Waals surface area contributed by atoms with Crippen molar-refractivity contribution in [2.75, 3.05) is 0 Å². The lowest BCUT2D eigenvalue weighted by atomic mass is 10.1. The molecule has 0 spiro atoms. The molecule has 13 heteroatoms. The lowest BCUT2D eigenvalue weighted by molar-refractivity contribution is -0.379. The van der Waals surface area contributed by atoms with E-state index < -0.39 is 0 Å². The normalized spacial score (nSPS) is 10.3. The number of alkyl halides is 1. The summed E-state index contributed by atoms with van der Waals surface area (Å²) < 4.78 is 4.23. The Labute approximate surface area is 305 Å². The third kappa shape index (κ3) is 8.69. The number of halogens is 3. The van der Waals surface area contributed by atoms with Crippen LogP contribution in [0.5, 0.6) is 0 Å². The van der Waals surface area contributed by atoms with Gasteiger partial charge in [0.25, 0.3) is 11.4 Å². The SMILES string of the molecule is BrCc1ccc2cncc(Br)c2c1.O=[NH+]c1ccc2[nH]ccc2c1.O=[NH+]c1ccc2c(ccn2Cc2ccc3cncc(Br)c3c2)c1.[OH-].[OH-]. The second-order valence-electron chi connectivity index (χ2n) is 10.7. The molecule has 0 aliphatic rings. The van der Waals surface area contributed by atoms with E-state index >= 15 is 0 Å². The maximum Gasteiger partial charge on any atom is 0.254 e. The molecule has 0 aliphatic carbocycles. The first-order valence-corrected chi connectivity index (χ1v) is 17.2. The van der Waals surface area contributed by atoms with E-state index in [1.54, 1.807) is 18.2 Å². The van der Waals surface area contributed by atoms with Crippen molar-refractivity contribution in [3.63, 3.8) is 0 Å². The predicted molar refractivity (Wildman–Crippen MR) is 203 cm³/mol. The Bertz CT molecular complexity index is 2380. The first kappa shape index (κ1) is 37.2. The van der Waals surface area contributed by atoms with E-state index in [1.807, 2.05) is 77.9 Å². The molecule has 5 N–H and O–H groups in total. The second-order valence-corrected chi connectivity index (χ2v) is 13.0. The number of nitroso groups, excluding NO2 is 2. The molecular formula is C36H29Br3N6O4. The van der Waals surface area contributed by atoms with Crippen molar-refractivity contribution in [1.82, 2.24) is 19.5 Å². The van der Waals surface area contributed by atoms with Gasteiger partial charge in [-0.1, -0.05) is 40.2 Å². The van der Waals surface area contributed by atoms with Crippen LogP contribution in [0.4, 0.5) is 11.4 Å². The summed E-state index contributed by atoms with van der Waals surface area (Å²) in [5, 5.41) is 11.4. The lowest BCUT2D eigenvalue weighted by Crippen LogP contribution is -2.55. The average molecular weight is 849 g/mol. The van der Waals surface area contributed by atoms with E-state index in [1.165, 1.54) is 21.9 Å². The number of nitrogens with zero attached hydrogens (tertiary/aromatic N) is 3. The molecule has 0 saturated carbocycles. The summed E-state index contributed by atoms with van der Waals surface area (Å²) >= 11 is 10.5. The summed E-state index contributed by atoms with van der Waals surface area (Å²) in [5.41, 5.74) is 5.82. The van der Waals surface area contributed by atoms with Crippen molar-refractivity contribution in [3.05, 3.63) is 152 Å². The van der Waals surface area contributed by atoms with E-state index in [0.29, 0.717) is 11.4 Å². The zero-order valence-electron chi connectivity index (χ0n) is 25.6. The van der Waals surface area contributed by atoms with Gasteiger partial charge in [-0.25, -0.2) is 0 Å². The van der Waals surface area contributed by atoms with Crippen LogP contribution >= 0.6 is 47.8 Å². The Morgan fingerprint density at radius 1 is 0.633 bits per heavy atom. The van der Waals surface area contributed by atoms with E-state index in [-0.39, 0.29) is 11.0 Å². The van der Waals surface area contributed by atoms with Crippen LogP contribution in [-0.4, -0.2) is 30.5 Å². The lowest BCUT2D eigenvalue weighted by Gasteiger charge is -2.08. The summed E-state index contributed by atoms with van der Waals surface area (Å²) in [6.07, 6.45) is 11.3. The number of aromatic nitrogens is 4. The number of fused-ring (bicyclic) bond motifs is 4. The van der Waals surface area contributed by atoms with E-state index in [0.717, 1.165) is 53.4 Å². The Morgan fingerprint density at radius 3 is 1.86 bits per heavy atom. The summed E-state index contributed by atoms with van der Waals surface area (Å²) in [4.78, 5) is 32.3. The molecular weight excluding hydrogens is 820 g/mol. The van der Waals surface area contributed by atoms with Gasteiger partial charge in [-0.05, 0) is 90.2 Å². The predicted octanol–water partition coefficient (Wildman–Crippen LogP) is 7.66. The molecule has 8 rings (SSSR count). The van der Waals surface area contributed by atoms with Crippen LogP contribution in [0, 0.1) is 9.81 Å². The minimum atomic E-state index is 0. The number of hydrogen-bond acceptors (Lipinski definition) is 6. The summed E-state index contributed by atoms with van der Waals surface area (Å²) in [6.45, 7) is 0.776. The van der Waals surface area contributed by atoms with Gasteiger partial charge in [0.1, 0.15) is 0 Å². The van der Waals surface area contributed by atoms with Crippen LogP contribution in [0.25, 0.3) is 43.4 Å². The molecule has 4 aromatic carbocycles. The molecule has 0 bridgehead atoms. The van der Waals surface area contributed by atoms with E-state index in [9.17, 15) is 9.81 Å². The number of rotatable bonds is 5. The number of pyridine rings is 2. The molecule has 0 saturated heterocycles. The quantitative estimate of drug-likeness (QED) is 0.150. The van der Waals surface area contributed by atoms with E-state index in [2.05, 4.69) is 104 Å². The van der Waals surface area contributed by atoms with E-state index in [4.69, 9.17) is 0 Å². The monoisotopic (exact) mass is 846 g/mol. The second kappa shape index (κ2) is 17.1. The molecule has 0 atom stereocenters. The Kier molecular flexibility index (Phi) is 13.0. The minimum absolute atomic E-state index is 0. The zero-order chi connectivity index (χ0) is 32.8. The van der Waals surface area contributed by atoms with Crippen molar-refractivity contribution in [1.29, 1.82) is 0 Å². The van der Waals surface area contributed by atoms with Gasteiger partial charge in [0, 0.05) is 135 Å². The summed E-state index contributed by atoms with van der Waals surface area (Å²) in [5.74, 6) is 0. The third-order valence-corrected chi connectivity index (χ3v) is 9.53. The molecule has 4 aromatic heterocycles. The maximum atomic E-state index is 10.8. The van der Waals surface area contributed by atoms with Crippen molar-refractivity contribution in [2.24, 2.45) is 0 Å². The van der Waals surface area contributed by atoms with Gasteiger partial charge in [0.2, 0.25) is 0 Å². The molecule has 0 amide bonds. The summed E-state index contributed by atoms with van der Waals surface area (Å²) in [7, 11) is 0. The number of aromatic amines is 1. The fourth-order valence-electron chi connectivity index (χ4n) is 5.25. The summed E-state index contributed by atoms with van der Waals surface area (Å²) in [6, 6.07) is 27.7. The van der Waals surface area contributed by atoms with Crippen LogP contribution in [0.15, 0.2) is 131 Å². The smallest absolute Gasteiger partial charge is 0.254 e. The maximum absolute atomic E-state index is 10.8. The van der Waals surface area contributed by atoms with Gasteiger partial charge in [0.05, 0.1) is 0 Å². The molecule has 0 radical (unpaired) electrons. The minimum Gasteiger partial charge on any atom is -0.870 e. The fraction of sp³-hybridized carbons (Fsp3) is 0.0556. The van der Waals surface area contributed by atoms with Crippen molar-refractivity contribution in [3.8, 4) is 0 Å². The molecule has 248 valence electrons. The Morgan fingerprint density at radius 2 is 1.22 bits per heavy atom. The standard InChI is InChI=1S/C18H12BrN3O.C10H7Br2N.C8H6N2O.2H2O/c19-17-10-20-9-14-2-1-12(7-16(14)17)11-22-6-5-13-8-15(21-23)3-4-18(13)22;11-4-7-1-2-8-5-13-6-10(12)9(8)3-7;11-10-7-1-2-8-6(5-7)3-4-9-8;;/h1-10H,11H2;1-3,5-6H,4H2;1-5,9H;2*1H2. The highest BCUT2D eigenvalue weighted by Crippen LogP contribution is 2.26. The van der Waals surface area contributed by atoms with Crippen molar-refractivity contribution >= 4 is 103 Å². The number of hydrogen-bond donors (Lipinski definition) is 3.